The summed E-state index contributed by atoms with van der Waals surface area (Å²) in [5.74, 6) is 0.961. The average molecular weight is 343 g/mol. The lowest BCUT2D eigenvalue weighted by Gasteiger charge is -2.44. The Balaban J connectivity index is 1.48. The largest absolute Gasteiger partial charge is 0.486 e. The highest BCUT2D eigenvalue weighted by molar-refractivity contribution is 6.00. The van der Waals surface area contributed by atoms with Crippen molar-refractivity contribution < 1.29 is 19.1 Å². The summed E-state index contributed by atoms with van der Waals surface area (Å²) in [5, 5.41) is 0. The van der Waals surface area contributed by atoms with E-state index in [1.54, 1.807) is 0 Å². The van der Waals surface area contributed by atoms with E-state index in [1.807, 2.05) is 30.9 Å². The topological polar surface area (TPSA) is 55.8 Å². The van der Waals surface area contributed by atoms with Crippen LogP contribution in [0.3, 0.4) is 0 Å². The highest BCUT2D eigenvalue weighted by Gasteiger charge is 2.44. The summed E-state index contributed by atoms with van der Waals surface area (Å²) in [7, 11) is 0. The molecule has 1 amide bonds. The van der Waals surface area contributed by atoms with E-state index in [2.05, 4.69) is 0 Å². The first kappa shape index (κ1) is 16.6. The first-order chi connectivity index (χ1) is 12.0. The Hall–Kier alpha value is -1.88. The molecule has 2 saturated heterocycles. The molecule has 2 fully saturated rings. The van der Waals surface area contributed by atoms with Crippen LogP contribution in [0.4, 0.5) is 0 Å². The fraction of sp³-hybridized carbons (Fsp3) is 0.600. The van der Waals surface area contributed by atoms with Crippen LogP contribution in [0.1, 0.15) is 53.6 Å². The molecule has 1 unspecified atom stereocenters. The fourth-order valence-corrected chi connectivity index (χ4v) is 4.14. The Morgan fingerprint density at radius 2 is 1.92 bits per heavy atom. The van der Waals surface area contributed by atoms with Gasteiger partial charge in [0.2, 0.25) is 0 Å². The van der Waals surface area contributed by atoms with E-state index >= 15 is 0 Å². The van der Waals surface area contributed by atoms with Crippen molar-refractivity contribution >= 4 is 11.7 Å². The first-order valence-electron chi connectivity index (χ1n) is 9.21. The van der Waals surface area contributed by atoms with Crippen molar-refractivity contribution in [2.24, 2.45) is 0 Å². The molecule has 4 rings (SSSR count). The first-order valence-corrected chi connectivity index (χ1v) is 9.21. The molecule has 0 N–H and O–H groups in total. The van der Waals surface area contributed by atoms with Crippen LogP contribution in [-0.2, 0) is 9.53 Å². The third kappa shape index (κ3) is 2.95. The molecule has 3 aliphatic rings. The summed E-state index contributed by atoms with van der Waals surface area (Å²) in [6.45, 7) is 6.00. The van der Waals surface area contributed by atoms with Crippen LogP contribution in [0, 0.1) is 13.8 Å². The maximum Gasteiger partial charge on any atom is 0.251 e. The molecule has 134 valence electrons. The molecular weight excluding hydrogens is 318 g/mol. The highest BCUT2D eigenvalue weighted by atomic mass is 16.5. The summed E-state index contributed by atoms with van der Waals surface area (Å²) in [6.07, 6.45) is 3.31. The Bertz CT molecular complexity index is 713. The van der Waals surface area contributed by atoms with Gasteiger partial charge in [0.25, 0.3) is 5.91 Å². The standard InChI is InChI=1S/C20H25NO4/c1-13-10-15-16(22)12-20(25-18(15)11-14(13)2)5-7-21(8-6-20)19(23)17-4-3-9-24-17/h10-11,17H,3-9,12H2,1-2H3. The number of ketones is 1. The second-order valence-electron chi connectivity index (χ2n) is 7.64. The molecule has 0 aliphatic carbocycles. The van der Waals surface area contributed by atoms with Crippen LogP contribution in [-0.4, -0.2) is 48.0 Å². The van der Waals surface area contributed by atoms with Gasteiger partial charge < -0.3 is 14.4 Å². The summed E-state index contributed by atoms with van der Waals surface area (Å²) in [6, 6.07) is 3.92. The number of rotatable bonds is 1. The van der Waals surface area contributed by atoms with E-state index < -0.39 is 5.60 Å². The third-order valence-electron chi connectivity index (χ3n) is 5.90. The molecule has 1 aromatic carbocycles. The molecule has 1 aromatic rings. The summed E-state index contributed by atoms with van der Waals surface area (Å²) in [5.41, 5.74) is 2.49. The van der Waals surface area contributed by atoms with Gasteiger partial charge in [0.05, 0.1) is 12.0 Å². The number of hydrogen-bond acceptors (Lipinski definition) is 4. The number of fused-ring (bicyclic) bond motifs is 1. The molecule has 5 nitrogen and oxygen atoms in total. The number of nitrogens with zero attached hydrogens (tertiary/aromatic N) is 1. The van der Waals surface area contributed by atoms with E-state index in [0.717, 1.165) is 24.0 Å². The Morgan fingerprint density at radius 3 is 2.60 bits per heavy atom. The molecule has 0 radical (unpaired) electrons. The second-order valence-corrected chi connectivity index (χ2v) is 7.64. The van der Waals surface area contributed by atoms with Crippen LogP contribution in [0.15, 0.2) is 12.1 Å². The predicted molar refractivity (Wildman–Crippen MR) is 93.0 cm³/mol. The number of likely N-dealkylation sites (tertiary alicyclic amines) is 1. The molecule has 5 heteroatoms. The van der Waals surface area contributed by atoms with E-state index in [9.17, 15) is 9.59 Å². The van der Waals surface area contributed by atoms with Crippen LogP contribution in [0.2, 0.25) is 0 Å². The smallest absolute Gasteiger partial charge is 0.251 e. The molecule has 1 atom stereocenters. The Morgan fingerprint density at radius 1 is 1.20 bits per heavy atom. The normalized spacial score (nSPS) is 25.0. The maximum absolute atomic E-state index is 12.7. The SMILES string of the molecule is Cc1cc2c(cc1C)C(=O)CC1(CCN(C(=O)C3CCCO3)CC1)O2. The van der Waals surface area contributed by atoms with Gasteiger partial charge in [-0.15, -0.1) is 0 Å². The number of benzene rings is 1. The average Bonchev–Trinajstić information content (AvgIpc) is 3.11. The Labute approximate surface area is 148 Å². The van der Waals surface area contributed by atoms with Gasteiger partial charge in [-0.1, -0.05) is 0 Å². The minimum Gasteiger partial charge on any atom is -0.486 e. The number of amides is 1. The number of carbonyl (C=O) groups excluding carboxylic acids is 2. The third-order valence-corrected chi connectivity index (χ3v) is 5.90. The van der Waals surface area contributed by atoms with Gasteiger partial charge in [-0.3, -0.25) is 9.59 Å². The zero-order chi connectivity index (χ0) is 17.6. The number of hydrogen-bond donors (Lipinski definition) is 0. The molecule has 0 aromatic heterocycles. The van der Waals surface area contributed by atoms with Crippen molar-refractivity contribution in [2.45, 2.75) is 57.7 Å². The van der Waals surface area contributed by atoms with E-state index in [4.69, 9.17) is 9.47 Å². The molecule has 1 spiro atoms. The number of Topliss-reactive ketones (excluding diaryl/α,β-unsaturated/α-hetero) is 1. The summed E-state index contributed by atoms with van der Waals surface area (Å²) < 4.78 is 11.8. The number of piperidine rings is 1. The summed E-state index contributed by atoms with van der Waals surface area (Å²) in [4.78, 5) is 27.1. The van der Waals surface area contributed by atoms with Gasteiger partial charge >= 0.3 is 0 Å². The zero-order valence-electron chi connectivity index (χ0n) is 15.0. The van der Waals surface area contributed by atoms with Crippen molar-refractivity contribution in [3.8, 4) is 5.75 Å². The predicted octanol–water partition coefficient (Wildman–Crippen LogP) is 2.81. The second kappa shape index (κ2) is 6.13. The van der Waals surface area contributed by atoms with Crippen molar-refractivity contribution in [1.82, 2.24) is 4.90 Å². The van der Waals surface area contributed by atoms with Gasteiger partial charge in [0.1, 0.15) is 17.5 Å². The van der Waals surface area contributed by atoms with Crippen molar-refractivity contribution in [3.63, 3.8) is 0 Å². The minimum absolute atomic E-state index is 0.0985. The molecular formula is C20H25NO4. The summed E-state index contributed by atoms with van der Waals surface area (Å²) >= 11 is 0. The number of aryl methyl sites for hydroxylation is 2. The lowest BCUT2D eigenvalue weighted by molar-refractivity contribution is -0.144. The van der Waals surface area contributed by atoms with Gasteiger partial charge in [-0.25, -0.2) is 0 Å². The zero-order valence-corrected chi connectivity index (χ0v) is 15.0. The molecule has 3 heterocycles. The van der Waals surface area contributed by atoms with Crippen LogP contribution >= 0.6 is 0 Å². The maximum atomic E-state index is 12.7. The van der Waals surface area contributed by atoms with E-state index in [0.29, 0.717) is 50.3 Å². The minimum atomic E-state index is -0.459. The fourth-order valence-electron chi connectivity index (χ4n) is 4.14. The van der Waals surface area contributed by atoms with Crippen LogP contribution < -0.4 is 4.74 Å². The lowest BCUT2D eigenvalue weighted by atomic mass is 9.81. The Kier molecular flexibility index (Phi) is 4.07. The lowest BCUT2D eigenvalue weighted by Crippen LogP contribution is -2.53. The van der Waals surface area contributed by atoms with Crippen molar-refractivity contribution in [1.29, 1.82) is 0 Å². The van der Waals surface area contributed by atoms with Gasteiger partial charge in [0.15, 0.2) is 5.78 Å². The van der Waals surface area contributed by atoms with Crippen molar-refractivity contribution in [3.05, 3.63) is 28.8 Å². The van der Waals surface area contributed by atoms with Gasteiger partial charge in [0, 0.05) is 32.5 Å². The van der Waals surface area contributed by atoms with Crippen LogP contribution in [0.25, 0.3) is 0 Å². The number of ether oxygens (including phenoxy) is 2. The molecule has 25 heavy (non-hydrogen) atoms. The highest BCUT2D eigenvalue weighted by Crippen LogP contribution is 2.40. The number of carbonyl (C=O) groups is 2. The van der Waals surface area contributed by atoms with Crippen LogP contribution in [0.5, 0.6) is 5.75 Å². The van der Waals surface area contributed by atoms with Gasteiger partial charge in [-0.2, -0.15) is 0 Å². The van der Waals surface area contributed by atoms with Gasteiger partial charge in [-0.05, 0) is 49.9 Å². The monoisotopic (exact) mass is 343 g/mol. The molecule has 3 aliphatic heterocycles. The molecule has 0 bridgehead atoms. The quantitative estimate of drug-likeness (QED) is 0.787. The van der Waals surface area contributed by atoms with E-state index in [1.165, 1.54) is 0 Å². The van der Waals surface area contributed by atoms with E-state index in [-0.39, 0.29) is 17.8 Å². The van der Waals surface area contributed by atoms with Crippen molar-refractivity contribution in [2.75, 3.05) is 19.7 Å². The molecule has 0 saturated carbocycles.